The zero-order chi connectivity index (χ0) is 17.5. The van der Waals surface area contributed by atoms with E-state index >= 15 is 0 Å². The van der Waals surface area contributed by atoms with Crippen LogP contribution in [-0.4, -0.2) is 10.9 Å². The van der Waals surface area contributed by atoms with E-state index in [-0.39, 0.29) is 11.5 Å². The highest BCUT2D eigenvalue weighted by atomic mass is 16.5. The van der Waals surface area contributed by atoms with Crippen molar-refractivity contribution in [3.63, 3.8) is 0 Å². The number of ether oxygens (including phenoxy) is 1. The molecule has 1 heterocycles. The molecular weight excluding hydrogens is 300 g/mol. The van der Waals surface area contributed by atoms with Gasteiger partial charge in [-0.1, -0.05) is 37.1 Å². The minimum Gasteiger partial charge on any atom is -0.507 e. The number of phenolic OH excluding ortho intramolecular Hbond substituents is 1. The first-order chi connectivity index (χ1) is 11.3. The second-order valence-electron chi connectivity index (χ2n) is 7.06. The normalized spacial score (nSPS) is 14.5. The predicted octanol–water partition coefficient (Wildman–Crippen LogP) is 5.37. The van der Waals surface area contributed by atoms with Crippen LogP contribution in [0.1, 0.15) is 61.5 Å². The van der Waals surface area contributed by atoms with Crippen molar-refractivity contribution in [3.8, 4) is 22.6 Å². The number of carbonyl (C=O) groups excluding carboxylic acids is 1. The highest BCUT2D eigenvalue weighted by Gasteiger charge is 2.34. The van der Waals surface area contributed by atoms with Gasteiger partial charge >= 0.3 is 0 Å². The summed E-state index contributed by atoms with van der Waals surface area (Å²) in [6.45, 7) is 8.10. The summed E-state index contributed by atoms with van der Waals surface area (Å²) in [6, 6.07) is 9.52. The molecule has 3 rings (SSSR count). The quantitative estimate of drug-likeness (QED) is 0.769. The van der Waals surface area contributed by atoms with Gasteiger partial charge in [0, 0.05) is 17.5 Å². The monoisotopic (exact) mass is 324 g/mol. The van der Waals surface area contributed by atoms with Crippen molar-refractivity contribution in [3.05, 3.63) is 47.0 Å². The summed E-state index contributed by atoms with van der Waals surface area (Å²) >= 11 is 0. The second kappa shape index (κ2) is 5.97. The lowest BCUT2D eigenvalue weighted by Crippen LogP contribution is -2.29. The first-order valence-corrected chi connectivity index (χ1v) is 8.54. The third kappa shape index (κ3) is 2.79. The van der Waals surface area contributed by atoms with Crippen molar-refractivity contribution in [2.75, 3.05) is 0 Å². The second-order valence-corrected chi connectivity index (χ2v) is 7.06. The molecule has 3 nitrogen and oxygen atoms in total. The zero-order valence-corrected chi connectivity index (χ0v) is 14.8. The Labute approximate surface area is 143 Å². The summed E-state index contributed by atoms with van der Waals surface area (Å²) in [5.74, 6) is 0.735. The van der Waals surface area contributed by atoms with E-state index in [2.05, 4.69) is 19.1 Å². The van der Waals surface area contributed by atoms with E-state index in [1.165, 1.54) is 0 Å². The Morgan fingerprint density at radius 2 is 1.96 bits per heavy atom. The third-order valence-electron chi connectivity index (χ3n) is 4.62. The van der Waals surface area contributed by atoms with E-state index in [4.69, 9.17) is 4.74 Å². The molecule has 1 N–H and O–H groups in total. The molecule has 0 aromatic heterocycles. The lowest BCUT2D eigenvalue weighted by molar-refractivity contribution is 0.0966. The van der Waals surface area contributed by atoms with E-state index in [0.29, 0.717) is 23.3 Å². The van der Waals surface area contributed by atoms with Crippen LogP contribution in [0.25, 0.3) is 11.1 Å². The standard InChI is InChI=1S/C21H24O3/c1-5-6-7-17(22)14-11-18(23)20-15-10-13(2)8-9-16(15)21(3,4)24-19(20)12-14/h8-12,23H,5-7H2,1-4H3. The maximum atomic E-state index is 12.3. The third-order valence-corrected chi connectivity index (χ3v) is 4.62. The van der Waals surface area contributed by atoms with Crippen LogP contribution >= 0.6 is 0 Å². The molecule has 3 heteroatoms. The van der Waals surface area contributed by atoms with Crippen LogP contribution in [0.5, 0.6) is 11.5 Å². The van der Waals surface area contributed by atoms with Crippen LogP contribution in [0.15, 0.2) is 30.3 Å². The molecule has 126 valence electrons. The van der Waals surface area contributed by atoms with Crippen LogP contribution in [0.4, 0.5) is 0 Å². The first kappa shape index (κ1) is 16.6. The number of Topliss-reactive ketones (excluding diaryl/α,β-unsaturated/α-hetero) is 1. The number of fused-ring (bicyclic) bond motifs is 3. The van der Waals surface area contributed by atoms with Crippen LogP contribution < -0.4 is 4.74 Å². The maximum Gasteiger partial charge on any atom is 0.163 e. The smallest absolute Gasteiger partial charge is 0.163 e. The van der Waals surface area contributed by atoms with Crippen molar-refractivity contribution in [1.82, 2.24) is 0 Å². The first-order valence-electron chi connectivity index (χ1n) is 8.54. The van der Waals surface area contributed by atoms with Gasteiger partial charge in [-0.15, -0.1) is 0 Å². The fraction of sp³-hybridized carbons (Fsp3) is 0.381. The minimum atomic E-state index is -0.506. The minimum absolute atomic E-state index is 0.0476. The van der Waals surface area contributed by atoms with Crippen LogP contribution in [0, 0.1) is 6.92 Å². The number of aromatic hydroxyl groups is 1. The highest BCUT2D eigenvalue weighted by Crippen LogP contribution is 2.49. The molecule has 1 aliphatic rings. The molecule has 0 amide bonds. The fourth-order valence-electron chi connectivity index (χ4n) is 3.31. The Bertz CT molecular complexity index is 803. The summed E-state index contributed by atoms with van der Waals surface area (Å²) in [4.78, 5) is 12.3. The Balaban J connectivity index is 2.14. The summed E-state index contributed by atoms with van der Waals surface area (Å²) < 4.78 is 6.15. The molecule has 0 saturated heterocycles. The summed E-state index contributed by atoms with van der Waals surface area (Å²) in [6.07, 6.45) is 2.32. The van der Waals surface area contributed by atoms with Crippen molar-refractivity contribution in [1.29, 1.82) is 0 Å². The van der Waals surface area contributed by atoms with Crippen LogP contribution in [0.2, 0.25) is 0 Å². The number of rotatable bonds is 4. The number of benzene rings is 2. The average molecular weight is 324 g/mol. The van der Waals surface area contributed by atoms with E-state index in [0.717, 1.165) is 29.5 Å². The molecule has 0 aliphatic carbocycles. The van der Waals surface area contributed by atoms with E-state index in [1.54, 1.807) is 12.1 Å². The van der Waals surface area contributed by atoms with Crippen molar-refractivity contribution < 1.29 is 14.6 Å². The van der Waals surface area contributed by atoms with Gasteiger partial charge < -0.3 is 9.84 Å². The Morgan fingerprint density at radius 1 is 1.21 bits per heavy atom. The van der Waals surface area contributed by atoms with E-state index in [9.17, 15) is 9.90 Å². The van der Waals surface area contributed by atoms with Gasteiger partial charge in [0.2, 0.25) is 0 Å². The number of hydrogen-bond donors (Lipinski definition) is 1. The Morgan fingerprint density at radius 3 is 2.67 bits per heavy atom. The molecule has 2 aromatic rings. The molecule has 0 unspecified atom stereocenters. The molecule has 2 aromatic carbocycles. The number of ketones is 1. The number of aryl methyl sites for hydroxylation is 1. The van der Waals surface area contributed by atoms with Gasteiger partial charge in [-0.25, -0.2) is 0 Å². The fourth-order valence-corrected chi connectivity index (χ4v) is 3.31. The van der Waals surface area contributed by atoms with E-state index in [1.807, 2.05) is 26.8 Å². The van der Waals surface area contributed by atoms with Crippen molar-refractivity contribution in [2.24, 2.45) is 0 Å². The highest BCUT2D eigenvalue weighted by molar-refractivity contribution is 5.98. The van der Waals surface area contributed by atoms with Crippen molar-refractivity contribution in [2.45, 2.75) is 52.6 Å². The summed E-state index contributed by atoms with van der Waals surface area (Å²) in [7, 11) is 0. The maximum absolute atomic E-state index is 12.3. The molecule has 0 spiro atoms. The predicted molar refractivity (Wildman–Crippen MR) is 95.8 cm³/mol. The zero-order valence-electron chi connectivity index (χ0n) is 14.8. The molecular formula is C21H24O3. The number of unbranched alkanes of at least 4 members (excludes halogenated alkanes) is 1. The van der Waals surface area contributed by atoms with Crippen molar-refractivity contribution >= 4 is 5.78 Å². The van der Waals surface area contributed by atoms with E-state index < -0.39 is 5.60 Å². The number of phenols is 1. The molecule has 0 bridgehead atoms. The van der Waals surface area contributed by atoms with Crippen LogP contribution in [0.3, 0.4) is 0 Å². The van der Waals surface area contributed by atoms with Gasteiger partial charge in [0.05, 0.1) is 5.56 Å². The van der Waals surface area contributed by atoms with Gasteiger partial charge in [-0.3, -0.25) is 4.79 Å². The Hall–Kier alpha value is -2.29. The average Bonchev–Trinajstić information content (AvgIpc) is 2.50. The van der Waals surface area contributed by atoms with Gasteiger partial charge in [0.25, 0.3) is 0 Å². The molecule has 0 fully saturated rings. The lowest BCUT2D eigenvalue weighted by atomic mass is 9.84. The van der Waals surface area contributed by atoms with Gasteiger partial charge in [-0.05, 0) is 44.9 Å². The molecule has 0 atom stereocenters. The topological polar surface area (TPSA) is 46.5 Å². The number of carbonyl (C=O) groups is 1. The van der Waals surface area contributed by atoms with Gasteiger partial charge in [-0.2, -0.15) is 0 Å². The SMILES string of the molecule is CCCCC(=O)c1cc(O)c2c(c1)OC(C)(C)c1ccc(C)cc1-2. The van der Waals surface area contributed by atoms with Gasteiger partial charge in [0.15, 0.2) is 5.78 Å². The molecule has 1 aliphatic heterocycles. The largest absolute Gasteiger partial charge is 0.507 e. The molecule has 0 radical (unpaired) electrons. The molecule has 0 saturated carbocycles. The number of hydrogen-bond acceptors (Lipinski definition) is 3. The summed E-state index contributed by atoms with van der Waals surface area (Å²) in [5, 5.41) is 10.6. The molecule has 24 heavy (non-hydrogen) atoms. The Kier molecular flexibility index (Phi) is 4.12. The van der Waals surface area contributed by atoms with Gasteiger partial charge in [0.1, 0.15) is 17.1 Å². The van der Waals surface area contributed by atoms with Crippen LogP contribution in [-0.2, 0) is 5.60 Å². The lowest BCUT2D eigenvalue weighted by Gasteiger charge is -2.35. The summed E-state index contributed by atoms with van der Waals surface area (Å²) in [5.41, 5.74) is 3.84.